The second-order valence-electron chi connectivity index (χ2n) is 10.3. The van der Waals surface area contributed by atoms with Gasteiger partial charge >= 0.3 is 6.18 Å². The van der Waals surface area contributed by atoms with Gasteiger partial charge < -0.3 is 14.3 Å². The number of piperidine rings is 1. The van der Waals surface area contributed by atoms with E-state index in [2.05, 4.69) is 10.3 Å². The normalized spacial score (nSPS) is 18.8. The Bertz CT molecular complexity index is 1450. The van der Waals surface area contributed by atoms with Crippen LogP contribution in [0.15, 0.2) is 40.9 Å². The lowest BCUT2D eigenvalue weighted by Gasteiger charge is -2.31. The molecule has 2 aliphatic heterocycles. The summed E-state index contributed by atoms with van der Waals surface area (Å²) in [5.74, 6) is -0.0673. The second kappa shape index (κ2) is 10.5. The number of carbonyl (C=O) groups is 1. The summed E-state index contributed by atoms with van der Waals surface area (Å²) >= 11 is 1.55. The van der Waals surface area contributed by atoms with Crippen LogP contribution in [0.3, 0.4) is 0 Å². The number of benzene rings is 1. The van der Waals surface area contributed by atoms with Crippen molar-refractivity contribution in [3.63, 3.8) is 0 Å². The Labute approximate surface area is 228 Å². The number of oxime groups is 1. The number of aryl methyl sites for hydroxylation is 1. The first kappa shape index (κ1) is 27.6. The van der Waals surface area contributed by atoms with Crippen LogP contribution >= 0.6 is 18.5 Å². The van der Waals surface area contributed by atoms with E-state index in [0.717, 1.165) is 38.0 Å². The lowest BCUT2D eigenvalue weighted by Crippen LogP contribution is -2.40. The van der Waals surface area contributed by atoms with E-state index in [1.54, 1.807) is 29.6 Å². The molecule has 1 atom stereocenters. The van der Waals surface area contributed by atoms with Crippen LogP contribution in [0.1, 0.15) is 58.9 Å². The molecule has 0 N–H and O–H groups in total. The Morgan fingerprint density at radius 3 is 2.59 bits per heavy atom. The molecule has 3 aromatic rings. The molecule has 13 heteroatoms. The lowest BCUT2D eigenvalue weighted by molar-refractivity contribution is -0.142. The summed E-state index contributed by atoms with van der Waals surface area (Å²) in [6, 6.07) is 8.55. The molecule has 2 aromatic heterocycles. The van der Waals surface area contributed by atoms with E-state index in [0.29, 0.717) is 38.0 Å². The molecule has 0 bridgehead atoms. The number of amides is 1. The molecule has 1 unspecified atom stereocenters. The first-order chi connectivity index (χ1) is 18.4. The maximum Gasteiger partial charge on any atom is 0.435 e. The molecule has 5 rings (SSSR count). The van der Waals surface area contributed by atoms with Gasteiger partial charge in [-0.05, 0) is 39.2 Å². The molecular weight excluding hydrogens is 550 g/mol. The Morgan fingerprint density at radius 1 is 1.21 bits per heavy atom. The minimum atomic E-state index is -4.54. The summed E-state index contributed by atoms with van der Waals surface area (Å²) < 4.78 is 52.7. The number of halogens is 3. The topological polar surface area (TPSA) is 89.7 Å². The van der Waals surface area contributed by atoms with Crippen LogP contribution in [0, 0.1) is 6.92 Å². The summed E-state index contributed by atoms with van der Waals surface area (Å²) in [7, 11) is -2.48. The smallest absolute Gasteiger partial charge is 0.387 e. The molecular formula is C26H29F3N5O3PS. The average Bonchev–Trinajstić information content (AvgIpc) is 3.64. The third-order valence-electron chi connectivity index (χ3n) is 7.10. The fourth-order valence-electron chi connectivity index (χ4n) is 4.97. The first-order valence-corrected chi connectivity index (χ1v) is 16.1. The molecule has 0 spiro atoms. The van der Waals surface area contributed by atoms with Gasteiger partial charge in [-0.2, -0.15) is 18.3 Å². The molecule has 0 radical (unpaired) electrons. The predicted molar refractivity (Wildman–Crippen MR) is 143 cm³/mol. The van der Waals surface area contributed by atoms with Crippen LogP contribution in [-0.2, 0) is 26.9 Å². The van der Waals surface area contributed by atoms with Gasteiger partial charge in [-0.1, -0.05) is 29.4 Å². The Morgan fingerprint density at radius 2 is 1.92 bits per heavy atom. The van der Waals surface area contributed by atoms with Gasteiger partial charge in [0.1, 0.15) is 19.4 Å². The van der Waals surface area contributed by atoms with Gasteiger partial charge in [0.05, 0.1) is 10.7 Å². The van der Waals surface area contributed by atoms with Crippen LogP contribution in [0.5, 0.6) is 0 Å². The number of carbonyl (C=O) groups excluding carboxylic acids is 1. The van der Waals surface area contributed by atoms with Crippen molar-refractivity contribution in [2.24, 2.45) is 5.16 Å². The van der Waals surface area contributed by atoms with Gasteiger partial charge in [0.2, 0.25) is 5.91 Å². The van der Waals surface area contributed by atoms with Crippen LogP contribution in [0.25, 0.3) is 0 Å². The van der Waals surface area contributed by atoms with Crippen molar-refractivity contribution < 1.29 is 27.4 Å². The number of nitrogens with zero attached hydrogens (tertiary/aromatic N) is 5. The summed E-state index contributed by atoms with van der Waals surface area (Å²) in [5, 5.41) is 11.6. The van der Waals surface area contributed by atoms with Crippen molar-refractivity contribution in [2.45, 2.75) is 50.9 Å². The Hall–Kier alpha value is -2.98. The van der Waals surface area contributed by atoms with Gasteiger partial charge in [0.15, 0.2) is 11.8 Å². The van der Waals surface area contributed by atoms with Crippen LogP contribution in [-0.4, -0.2) is 57.7 Å². The maximum atomic E-state index is 12.9. The van der Waals surface area contributed by atoms with E-state index in [4.69, 9.17) is 9.82 Å². The van der Waals surface area contributed by atoms with Gasteiger partial charge in [0.25, 0.3) is 0 Å². The van der Waals surface area contributed by atoms with Crippen molar-refractivity contribution in [1.29, 1.82) is 0 Å². The lowest BCUT2D eigenvalue weighted by atomic mass is 9.97. The van der Waals surface area contributed by atoms with E-state index in [1.807, 2.05) is 29.6 Å². The highest BCUT2D eigenvalue weighted by Crippen LogP contribution is 2.40. The largest absolute Gasteiger partial charge is 0.435 e. The number of alkyl halides is 3. The molecule has 4 heterocycles. The summed E-state index contributed by atoms with van der Waals surface area (Å²) in [6.45, 7) is 5.79. The summed E-state index contributed by atoms with van der Waals surface area (Å²) in [5.41, 5.74) is 1.70. The number of rotatable bonds is 6. The zero-order chi connectivity index (χ0) is 27.9. The number of hydrogen-bond donors (Lipinski definition) is 0. The minimum Gasteiger partial charge on any atom is -0.387 e. The van der Waals surface area contributed by atoms with Crippen molar-refractivity contribution in [3.8, 4) is 0 Å². The van der Waals surface area contributed by atoms with Gasteiger partial charge in [-0.3, -0.25) is 9.48 Å². The molecule has 0 aliphatic carbocycles. The van der Waals surface area contributed by atoms with E-state index in [9.17, 15) is 22.5 Å². The fourth-order valence-corrected chi connectivity index (χ4v) is 7.25. The van der Waals surface area contributed by atoms with Gasteiger partial charge in [-0.25, -0.2) is 4.98 Å². The van der Waals surface area contributed by atoms with E-state index < -0.39 is 19.0 Å². The highest BCUT2D eigenvalue weighted by Gasteiger charge is 2.35. The zero-order valence-electron chi connectivity index (χ0n) is 21.8. The van der Waals surface area contributed by atoms with Crippen molar-refractivity contribution >= 4 is 35.4 Å². The minimum absolute atomic E-state index is 0.182. The maximum absolute atomic E-state index is 12.9. The predicted octanol–water partition coefficient (Wildman–Crippen LogP) is 5.19. The van der Waals surface area contributed by atoms with E-state index in [1.165, 1.54) is 6.92 Å². The molecule has 1 aromatic carbocycles. The van der Waals surface area contributed by atoms with E-state index >= 15 is 0 Å². The molecule has 208 valence electrons. The number of likely N-dealkylation sites (tertiary alicyclic amines) is 1. The van der Waals surface area contributed by atoms with Gasteiger partial charge in [0, 0.05) is 47.4 Å². The van der Waals surface area contributed by atoms with Crippen LogP contribution in [0.4, 0.5) is 13.2 Å². The van der Waals surface area contributed by atoms with E-state index in [-0.39, 0.29) is 24.5 Å². The average molecular weight is 580 g/mol. The van der Waals surface area contributed by atoms with Crippen molar-refractivity contribution in [2.75, 3.05) is 26.4 Å². The van der Waals surface area contributed by atoms with Crippen molar-refractivity contribution in [3.05, 3.63) is 63.4 Å². The second-order valence-corrected chi connectivity index (χ2v) is 14.4. The molecule has 1 fully saturated rings. The standard InChI is InChI=1S/C26H29F3N5O3PS/c1-16-12-23(26(27,28)29)31-34(16)14-24(35)33-10-8-17(9-11-33)25-30-20(15-39-25)19-13-21(37-32-19)18-6-4-5-7-22(18)38(2,3)36/h4-7,12,15,17,21H,8-11,13-14H2,1-3H3. The zero-order valence-corrected chi connectivity index (χ0v) is 23.5. The molecule has 1 saturated heterocycles. The van der Waals surface area contributed by atoms with Gasteiger partial charge in [-0.15, -0.1) is 11.3 Å². The highest BCUT2D eigenvalue weighted by molar-refractivity contribution is 7.70. The van der Waals surface area contributed by atoms with Crippen LogP contribution < -0.4 is 5.30 Å². The molecule has 8 nitrogen and oxygen atoms in total. The molecule has 0 saturated carbocycles. The monoisotopic (exact) mass is 579 g/mol. The molecule has 2 aliphatic rings. The third-order valence-corrected chi connectivity index (χ3v) is 9.68. The van der Waals surface area contributed by atoms with Crippen molar-refractivity contribution in [1.82, 2.24) is 19.7 Å². The van der Waals surface area contributed by atoms with Crippen LogP contribution in [0.2, 0.25) is 0 Å². The quantitative estimate of drug-likeness (QED) is 0.375. The summed E-state index contributed by atoms with van der Waals surface area (Å²) in [4.78, 5) is 25.0. The number of aromatic nitrogens is 3. The Kier molecular flexibility index (Phi) is 7.45. The third kappa shape index (κ3) is 5.96. The highest BCUT2D eigenvalue weighted by atomic mass is 32.1. The number of hydrogen-bond acceptors (Lipinski definition) is 7. The molecule has 1 amide bonds. The SMILES string of the molecule is Cc1cc(C(F)(F)F)nn1CC(=O)N1CCC(c2nc(C3=NOC(c4ccccc4P(C)(C)=O)C3)cs2)CC1. The fraction of sp³-hybridized carbons (Fsp3) is 0.462. The number of thiazole rings is 1. The first-order valence-electron chi connectivity index (χ1n) is 12.6. The Balaban J connectivity index is 1.17. The summed E-state index contributed by atoms with van der Waals surface area (Å²) in [6.07, 6.45) is -2.89. The molecule has 39 heavy (non-hydrogen) atoms.